The number of aromatic nitrogens is 4. The number of fused-ring (bicyclic) bond motifs is 2. The quantitative estimate of drug-likeness (QED) is 0.244. The molecule has 0 amide bonds. The molecule has 0 aliphatic rings. The van der Waals surface area contributed by atoms with Crippen molar-refractivity contribution in [3.8, 4) is 0 Å². The normalized spacial score (nSPS) is 10.5. The van der Waals surface area contributed by atoms with Crippen molar-refractivity contribution in [2.24, 2.45) is 0 Å². The molecule has 0 spiro atoms. The van der Waals surface area contributed by atoms with Crippen molar-refractivity contribution in [2.75, 3.05) is 5.73 Å². The lowest BCUT2D eigenvalue weighted by Crippen LogP contribution is -1.93. The first-order chi connectivity index (χ1) is 11.5. The van der Waals surface area contributed by atoms with Crippen LogP contribution in [0.1, 0.15) is 0 Å². The van der Waals surface area contributed by atoms with Crippen LogP contribution in [-0.2, 0) is 0 Å². The van der Waals surface area contributed by atoms with E-state index in [4.69, 9.17) is 5.73 Å². The van der Waals surface area contributed by atoms with Gasteiger partial charge in [-0.25, -0.2) is 19.9 Å². The van der Waals surface area contributed by atoms with Crippen LogP contribution in [0.5, 0.6) is 0 Å². The van der Waals surface area contributed by atoms with E-state index < -0.39 is 0 Å². The molecule has 2 aromatic heterocycles. The molecule has 0 aliphatic carbocycles. The highest BCUT2D eigenvalue weighted by Gasteiger charge is 1.97. The Kier molecular flexibility index (Phi) is 5.57. The summed E-state index contributed by atoms with van der Waals surface area (Å²) in [7, 11) is 0. The van der Waals surface area contributed by atoms with Gasteiger partial charge >= 0.3 is 0 Å². The molecule has 0 saturated carbocycles. The third-order valence-electron chi connectivity index (χ3n) is 3.07. The molecule has 0 atom stereocenters. The zero-order valence-corrected chi connectivity index (χ0v) is 17.4. The Morgan fingerprint density at radius 3 is 1.96 bits per heavy atom. The second kappa shape index (κ2) is 7.66. The fourth-order valence-electron chi connectivity index (χ4n) is 2.00. The molecule has 24 heavy (non-hydrogen) atoms. The van der Waals surface area contributed by atoms with Crippen molar-refractivity contribution in [3.63, 3.8) is 0 Å². The molecule has 0 fully saturated rings. The number of benzene rings is 2. The Labute approximate surface area is 168 Å². The van der Waals surface area contributed by atoms with E-state index in [1.807, 2.05) is 42.6 Å². The number of nitrogens with zero attached hydrogens (tertiary/aromatic N) is 4. The van der Waals surface area contributed by atoms with E-state index in [0.717, 1.165) is 34.6 Å². The van der Waals surface area contributed by atoms with Crippen LogP contribution >= 0.6 is 54.5 Å². The summed E-state index contributed by atoms with van der Waals surface area (Å²) in [4.78, 5) is 16.3. The van der Waals surface area contributed by atoms with Gasteiger partial charge < -0.3 is 5.73 Å². The van der Waals surface area contributed by atoms with Crippen molar-refractivity contribution in [1.82, 2.24) is 19.9 Å². The summed E-state index contributed by atoms with van der Waals surface area (Å²) in [5, 5.41) is 2.04. The zero-order valence-electron chi connectivity index (χ0n) is 12.1. The maximum Gasteiger partial charge on any atom is 0.220 e. The van der Waals surface area contributed by atoms with E-state index in [1.54, 1.807) is 6.20 Å². The Morgan fingerprint density at radius 1 is 0.792 bits per heavy atom. The molecule has 2 heterocycles. The molecule has 4 aromatic rings. The SMILES string of the molecule is Brc1ccc2nc(I)ncc2c1.Nc1ncc2cc(Br)ccc2n1. The number of rotatable bonds is 0. The first-order valence-corrected chi connectivity index (χ1v) is 9.43. The molecule has 0 bridgehead atoms. The molecule has 120 valence electrons. The minimum Gasteiger partial charge on any atom is -0.368 e. The highest BCUT2D eigenvalue weighted by molar-refractivity contribution is 14.1. The molecule has 4 rings (SSSR count). The lowest BCUT2D eigenvalue weighted by atomic mass is 10.2. The van der Waals surface area contributed by atoms with Gasteiger partial charge in [-0.05, 0) is 36.4 Å². The summed E-state index contributed by atoms with van der Waals surface area (Å²) in [6.07, 6.45) is 3.54. The fraction of sp³-hybridized carbons (Fsp3) is 0. The first kappa shape index (κ1) is 17.4. The highest BCUT2D eigenvalue weighted by Crippen LogP contribution is 2.18. The minimum atomic E-state index is 0.310. The van der Waals surface area contributed by atoms with E-state index in [0.29, 0.717) is 5.95 Å². The maximum absolute atomic E-state index is 5.43. The summed E-state index contributed by atoms with van der Waals surface area (Å²) in [6, 6.07) is 11.7. The lowest BCUT2D eigenvalue weighted by Gasteiger charge is -1.97. The van der Waals surface area contributed by atoms with Crippen molar-refractivity contribution in [2.45, 2.75) is 0 Å². The topological polar surface area (TPSA) is 77.6 Å². The number of hydrogen-bond acceptors (Lipinski definition) is 5. The molecule has 2 aromatic carbocycles. The van der Waals surface area contributed by atoms with Crippen LogP contribution in [0.4, 0.5) is 5.95 Å². The van der Waals surface area contributed by atoms with Gasteiger partial charge in [0.2, 0.25) is 5.95 Å². The van der Waals surface area contributed by atoms with Gasteiger partial charge in [0, 0.05) is 54.7 Å². The van der Waals surface area contributed by atoms with Gasteiger partial charge in [-0.15, -0.1) is 0 Å². The number of nitrogen functional groups attached to an aromatic ring is 1. The van der Waals surface area contributed by atoms with E-state index in [1.165, 1.54) is 0 Å². The Bertz CT molecular complexity index is 860. The predicted molar refractivity (Wildman–Crippen MR) is 112 cm³/mol. The number of hydrogen-bond donors (Lipinski definition) is 1. The summed E-state index contributed by atoms with van der Waals surface area (Å²) in [5.74, 6) is 0.310. The molecule has 0 unspecified atom stereocenters. The van der Waals surface area contributed by atoms with Crippen molar-refractivity contribution < 1.29 is 0 Å². The monoisotopic (exact) mass is 557 g/mol. The largest absolute Gasteiger partial charge is 0.368 e. The Balaban J connectivity index is 0.000000141. The van der Waals surface area contributed by atoms with Gasteiger partial charge in [-0.1, -0.05) is 31.9 Å². The average molecular weight is 559 g/mol. The predicted octanol–water partition coefficient (Wildman–Crippen LogP) is 4.97. The summed E-state index contributed by atoms with van der Waals surface area (Å²) >= 11 is 8.86. The van der Waals surface area contributed by atoms with E-state index in [9.17, 15) is 0 Å². The van der Waals surface area contributed by atoms with Gasteiger partial charge in [0.15, 0.2) is 3.83 Å². The minimum absolute atomic E-state index is 0.310. The van der Waals surface area contributed by atoms with Gasteiger partial charge in [0.05, 0.1) is 11.0 Å². The van der Waals surface area contributed by atoms with E-state index in [-0.39, 0.29) is 0 Å². The van der Waals surface area contributed by atoms with Crippen molar-refractivity contribution in [1.29, 1.82) is 0 Å². The number of halogens is 3. The van der Waals surface area contributed by atoms with E-state index >= 15 is 0 Å². The maximum atomic E-state index is 5.43. The Morgan fingerprint density at radius 2 is 1.33 bits per heavy atom. The molecule has 5 nitrogen and oxygen atoms in total. The molecular weight excluding hydrogens is 549 g/mol. The second-order valence-electron chi connectivity index (χ2n) is 4.77. The third kappa shape index (κ3) is 4.37. The highest BCUT2D eigenvalue weighted by atomic mass is 127. The molecule has 8 heteroatoms. The summed E-state index contributed by atoms with van der Waals surface area (Å²) in [5.41, 5.74) is 7.28. The zero-order chi connectivity index (χ0) is 17.1. The van der Waals surface area contributed by atoms with E-state index in [2.05, 4.69) is 74.4 Å². The summed E-state index contributed by atoms with van der Waals surface area (Å²) < 4.78 is 2.85. The standard InChI is InChI=1S/C8H4BrIN2.C8H6BrN3/c2*9-6-1-2-7-5(3-6)4-11-8(10)12-7/h1-4H;1-4H,(H2,10,11,12). The summed E-state index contributed by atoms with van der Waals surface area (Å²) in [6.45, 7) is 0. The molecule has 0 radical (unpaired) electrons. The van der Waals surface area contributed by atoms with Crippen LogP contribution in [0.25, 0.3) is 21.8 Å². The van der Waals surface area contributed by atoms with Gasteiger partial charge in [-0.3, -0.25) is 0 Å². The van der Waals surface area contributed by atoms with Crippen LogP contribution in [0.2, 0.25) is 0 Å². The third-order valence-corrected chi connectivity index (χ3v) is 4.58. The molecule has 0 aliphatic heterocycles. The van der Waals surface area contributed by atoms with Crippen LogP contribution in [0.15, 0.2) is 57.7 Å². The van der Waals surface area contributed by atoms with Gasteiger partial charge in [-0.2, -0.15) is 0 Å². The van der Waals surface area contributed by atoms with Crippen LogP contribution in [0.3, 0.4) is 0 Å². The van der Waals surface area contributed by atoms with Crippen molar-refractivity contribution in [3.05, 3.63) is 61.6 Å². The Hall–Kier alpha value is -1.39. The molecule has 2 N–H and O–H groups in total. The lowest BCUT2D eigenvalue weighted by molar-refractivity contribution is 1.15. The second-order valence-corrected chi connectivity index (χ2v) is 7.57. The smallest absolute Gasteiger partial charge is 0.220 e. The molecular formula is C16H10Br2IN5. The fourth-order valence-corrected chi connectivity index (χ4v) is 3.16. The van der Waals surface area contributed by atoms with Gasteiger partial charge in [0.25, 0.3) is 0 Å². The van der Waals surface area contributed by atoms with Crippen LogP contribution in [0, 0.1) is 3.83 Å². The van der Waals surface area contributed by atoms with Gasteiger partial charge in [0.1, 0.15) is 0 Å². The molecule has 0 saturated heterocycles. The average Bonchev–Trinajstić information content (AvgIpc) is 2.56. The van der Waals surface area contributed by atoms with Crippen molar-refractivity contribution >= 4 is 82.2 Å². The van der Waals surface area contributed by atoms with Crippen LogP contribution in [-0.4, -0.2) is 19.9 Å². The first-order valence-electron chi connectivity index (χ1n) is 6.77. The number of anilines is 1. The van der Waals surface area contributed by atoms with Crippen LogP contribution < -0.4 is 5.73 Å². The number of nitrogens with two attached hydrogens (primary N) is 1.